The van der Waals surface area contributed by atoms with Gasteiger partial charge >= 0.3 is 0 Å². The van der Waals surface area contributed by atoms with Crippen molar-refractivity contribution in [3.63, 3.8) is 0 Å². The van der Waals surface area contributed by atoms with Gasteiger partial charge in [-0.1, -0.05) is 36.8 Å². The second kappa shape index (κ2) is 4.21. The maximum absolute atomic E-state index is 5.85. The summed E-state index contributed by atoms with van der Waals surface area (Å²) in [4.78, 5) is 0. The Balaban J connectivity index is 1.44. The van der Waals surface area contributed by atoms with E-state index in [0.717, 1.165) is 24.5 Å². The first kappa shape index (κ1) is 10.3. The average molecular weight is 216 g/mol. The molecule has 1 spiro atoms. The van der Waals surface area contributed by atoms with E-state index in [1.54, 1.807) is 0 Å². The molecule has 1 aromatic rings. The molecule has 0 bridgehead atoms. The second-order valence-electron chi connectivity index (χ2n) is 5.45. The van der Waals surface area contributed by atoms with Crippen LogP contribution in [0, 0.1) is 11.3 Å². The molecule has 0 aliphatic heterocycles. The highest BCUT2D eigenvalue weighted by atomic mass is 16.5. The molecule has 1 atom stereocenters. The lowest BCUT2D eigenvalue weighted by Gasteiger charge is -2.56. The maximum atomic E-state index is 5.85. The van der Waals surface area contributed by atoms with Crippen LogP contribution in [0.3, 0.4) is 0 Å². The van der Waals surface area contributed by atoms with Crippen molar-refractivity contribution in [1.82, 2.24) is 0 Å². The van der Waals surface area contributed by atoms with Gasteiger partial charge in [-0.25, -0.2) is 0 Å². The van der Waals surface area contributed by atoms with E-state index in [1.807, 2.05) is 0 Å². The van der Waals surface area contributed by atoms with Gasteiger partial charge in [0.2, 0.25) is 0 Å². The number of ether oxygens (including phenoxy) is 1. The first-order chi connectivity index (χ1) is 7.89. The van der Waals surface area contributed by atoms with Crippen LogP contribution in [-0.4, -0.2) is 6.61 Å². The second-order valence-corrected chi connectivity index (χ2v) is 5.45. The normalized spacial score (nSPS) is 26.1. The molecular weight excluding hydrogens is 196 g/mol. The highest BCUT2D eigenvalue weighted by molar-refractivity contribution is 5.13. The van der Waals surface area contributed by atoms with Gasteiger partial charge in [0, 0.05) is 0 Å². The molecule has 0 N–H and O–H groups in total. The van der Waals surface area contributed by atoms with Crippen molar-refractivity contribution in [3.05, 3.63) is 35.9 Å². The molecule has 2 fully saturated rings. The summed E-state index contributed by atoms with van der Waals surface area (Å²) in [6, 6.07) is 10.5. The van der Waals surface area contributed by atoms with Gasteiger partial charge in [-0.05, 0) is 42.6 Å². The molecule has 16 heavy (non-hydrogen) atoms. The van der Waals surface area contributed by atoms with Crippen molar-refractivity contribution >= 4 is 0 Å². The average Bonchev–Trinajstić information content (AvgIpc) is 2.22. The first-order valence-electron chi connectivity index (χ1n) is 6.51. The highest BCUT2D eigenvalue weighted by Crippen LogP contribution is 2.59. The molecule has 2 aliphatic rings. The smallest absolute Gasteiger partial charge is 0.0717 e. The molecule has 3 rings (SSSR count). The minimum atomic E-state index is 0.733. The molecule has 1 nitrogen and oxygen atoms in total. The Morgan fingerprint density at radius 1 is 1.12 bits per heavy atom. The summed E-state index contributed by atoms with van der Waals surface area (Å²) in [5.74, 6) is 0.866. The minimum absolute atomic E-state index is 0.733. The van der Waals surface area contributed by atoms with Gasteiger partial charge in [0.15, 0.2) is 0 Å². The Hall–Kier alpha value is -0.820. The summed E-state index contributed by atoms with van der Waals surface area (Å²) in [6.45, 7) is 1.77. The third kappa shape index (κ3) is 1.78. The maximum Gasteiger partial charge on any atom is 0.0717 e. The van der Waals surface area contributed by atoms with Gasteiger partial charge in [0.05, 0.1) is 13.2 Å². The molecule has 2 saturated carbocycles. The number of hydrogen-bond acceptors (Lipinski definition) is 1. The monoisotopic (exact) mass is 216 g/mol. The van der Waals surface area contributed by atoms with Gasteiger partial charge < -0.3 is 4.74 Å². The van der Waals surface area contributed by atoms with Gasteiger partial charge in [-0.3, -0.25) is 0 Å². The van der Waals surface area contributed by atoms with Crippen LogP contribution in [0.4, 0.5) is 0 Å². The van der Waals surface area contributed by atoms with Crippen LogP contribution in [0.5, 0.6) is 0 Å². The lowest BCUT2D eigenvalue weighted by atomic mass is 9.50. The lowest BCUT2D eigenvalue weighted by molar-refractivity contribution is -0.0928. The van der Waals surface area contributed by atoms with E-state index in [4.69, 9.17) is 4.74 Å². The predicted molar refractivity (Wildman–Crippen MR) is 65.1 cm³/mol. The van der Waals surface area contributed by atoms with Crippen LogP contribution in [0.15, 0.2) is 30.3 Å². The number of rotatable bonds is 4. The molecule has 0 aromatic heterocycles. The summed E-state index contributed by atoms with van der Waals surface area (Å²) < 4.78 is 5.85. The predicted octanol–water partition coefficient (Wildman–Crippen LogP) is 3.78. The zero-order valence-corrected chi connectivity index (χ0v) is 9.82. The van der Waals surface area contributed by atoms with Crippen molar-refractivity contribution < 1.29 is 4.74 Å². The topological polar surface area (TPSA) is 9.23 Å². The van der Waals surface area contributed by atoms with E-state index in [1.165, 1.54) is 37.7 Å². The lowest BCUT2D eigenvalue weighted by Crippen LogP contribution is -2.47. The Bertz CT molecular complexity index is 334. The summed E-state index contributed by atoms with van der Waals surface area (Å²) in [5.41, 5.74) is 2.03. The molecule has 1 unspecified atom stereocenters. The minimum Gasteiger partial charge on any atom is -0.376 e. The molecule has 1 aromatic carbocycles. The molecule has 0 saturated heterocycles. The molecule has 1 heteroatoms. The van der Waals surface area contributed by atoms with Crippen molar-refractivity contribution in [2.75, 3.05) is 6.61 Å². The van der Waals surface area contributed by atoms with Crippen molar-refractivity contribution in [2.45, 2.75) is 38.7 Å². The Labute approximate surface area is 97.8 Å². The summed E-state index contributed by atoms with van der Waals surface area (Å²) in [5, 5.41) is 0. The molecule has 2 aliphatic carbocycles. The zero-order chi connectivity index (χ0) is 10.8. The van der Waals surface area contributed by atoms with Crippen LogP contribution < -0.4 is 0 Å². The van der Waals surface area contributed by atoms with Gasteiger partial charge in [-0.15, -0.1) is 0 Å². The van der Waals surface area contributed by atoms with E-state index in [2.05, 4.69) is 30.3 Å². The fourth-order valence-electron chi connectivity index (χ4n) is 3.20. The van der Waals surface area contributed by atoms with Gasteiger partial charge in [0.1, 0.15) is 0 Å². The third-order valence-electron chi connectivity index (χ3n) is 4.64. The zero-order valence-electron chi connectivity index (χ0n) is 9.82. The van der Waals surface area contributed by atoms with Crippen LogP contribution in [0.2, 0.25) is 0 Å². The largest absolute Gasteiger partial charge is 0.376 e. The highest BCUT2D eigenvalue weighted by Gasteiger charge is 2.50. The fourth-order valence-corrected chi connectivity index (χ4v) is 3.20. The van der Waals surface area contributed by atoms with E-state index < -0.39 is 0 Å². The number of benzene rings is 1. The molecule has 0 amide bonds. The molecule has 0 heterocycles. The summed E-state index contributed by atoms with van der Waals surface area (Å²) in [7, 11) is 0. The quantitative estimate of drug-likeness (QED) is 0.744. The van der Waals surface area contributed by atoms with Gasteiger partial charge in [0.25, 0.3) is 0 Å². The van der Waals surface area contributed by atoms with Crippen molar-refractivity contribution in [2.24, 2.45) is 11.3 Å². The fraction of sp³-hybridized carbons (Fsp3) is 0.600. The molecule has 86 valence electrons. The number of hydrogen-bond donors (Lipinski definition) is 0. The summed E-state index contributed by atoms with van der Waals surface area (Å²) >= 11 is 0. The Kier molecular flexibility index (Phi) is 2.72. The van der Waals surface area contributed by atoms with E-state index in [9.17, 15) is 0 Å². The van der Waals surface area contributed by atoms with Crippen LogP contribution in [0.1, 0.15) is 37.7 Å². The van der Waals surface area contributed by atoms with E-state index >= 15 is 0 Å². The van der Waals surface area contributed by atoms with Crippen molar-refractivity contribution in [3.8, 4) is 0 Å². The Morgan fingerprint density at radius 2 is 1.94 bits per heavy atom. The van der Waals surface area contributed by atoms with Crippen LogP contribution in [-0.2, 0) is 11.3 Å². The van der Waals surface area contributed by atoms with E-state index in [0.29, 0.717) is 0 Å². The van der Waals surface area contributed by atoms with Gasteiger partial charge in [-0.2, -0.15) is 0 Å². The van der Waals surface area contributed by atoms with Crippen LogP contribution in [0.25, 0.3) is 0 Å². The van der Waals surface area contributed by atoms with Crippen LogP contribution >= 0.6 is 0 Å². The van der Waals surface area contributed by atoms with E-state index in [-0.39, 0.29) is 0 Å². The van der Waals surface area contributed by atoms with Crippen molar-refractivity contribution in [1.29, 1.82) is 0 Å². The standard InChI is InChI=1S/C15H20O/c1-2-5-13(6-3-1)11-16-12-14-7-10-15(14)8-4-9-15/h1-3,5-6,14H,4,7-12H2. The molecular formula is C15H20O. The first-order valence-corrected chi connectivity index (χ1v) is 6.51. The Morgan fingerprint density at radius 3 is 2.50 bits per heavy atom. The summed E-state index contributed by atoms with van der Waals surface area (Å²) in [6.07, 6.45) is 7.25. The molecule has 0 radical (unpaired) electrons. The SMILES string of the molecule is c1ccc(COCC2CCC23CCC3)cc1. The third-order valence-corrected chi connectivity index (χ3v) is 4.64.